The number of methoxy groups -OCH3 is 1. The van der Waals surface area contributed by atoms with E-state index in [1.54, 1.807) is 0 Å². The van der Waals surface area contributed by atoms with Crippen LogP contribution in [0.3, 0.4) is 0 Å². The number of imide groups is 1. The third-order valence-corrected chi connectivity index (χ3v) is 6.95. The molecular formula is C27H38F3N3O10S. The fourth-order valence-electron chi connectivity index (χ4n) is 3.72. The van der Waals surface area contributed by atoms with Crippen LogP contribution in [0.4, 0.5) is 18.0 Å². The van der Waals surface area contributed by atoms with Crippen molar-refractivity contribution < 1.29 is 60.9 Å². The first-order valence-electron chi connectivity index (χ1n) is 13.9. The Morgan fingerprint density at radius 2 is 1.64 bits per heavy atom. The van der Waals surface area contributed by atoms with Crippen LogP contribution in [0.1, 0.15) is 41.6 Å². The van der Waals surface area contributed by atoms with E-state index < -0.39 is 47.3 Å². The number of nitrogens with zero attached hydrogens (tertiary/aromatic N) is 1. The fraction of sp³-hybridized carbons (Fsp3) is 0.630. The molecule has 3 amide bonds. The summed E-state index contributed by atoms with van der Waals surface area (Å²) in [7, 11) is 1.49. The van der Waals surface area contributed by atoms with Gasteiger partial charge in [0.15, 0.2) is 0 Å². The van der Waals surface area contributed by atoms with E-state index in [0.29, 0.717) is 55.8 Å². The van der Waals surface area contributed by atoms with E-state index in [4.69, 9.17) is 34.3 Å². The summed E-state index contributed by atoms with van der Waals surface area (Å²) < 4.78 is 67.1. The van der Waals surface area contributed by atoms with Crippen LogP contribution in [0, 0.1) is 0 Å². The van der Waals surface area contributed by atoms with E-state index in [1.807, 2.05) is 0 Å². The number of amides is 3. The average molecular weight is 654 g/mol. The van der Waals surface area contributed by atoms with Crippen molar-refractivity contribution in [3.05, 3.63) is 29.3 Å². The summed E-state index contributed by atoms with van der Waals surface area (Å²) in [5, 5.41) is 2.78. The summed E-state index contributed by atoms with van der Waals surface area (Å²) in [5.41, 5.74) is 3.62. The van der Waals surface area contributed by atoms with Crippen LogP contribution in [-0.4, -0.2) is 107 Å². The second-order valence-corrected chi connectivity index (χ2v) is 10.3. The summed E-state index contributed by atoms with van der Waals surface area (Å²) in [5.74, 6) is -2.21. The van der Waals surface area contributed by atoms with E-state index in [9.17, 15) is 32.3 Å². The van der Waals surface area contributed by atoms with Gasteiger partial charge in [-0.3, -0.25) is 19.2 Å². The molecule has 1 aromatic rings. The Morgan fingerprint density at radius 3 is 2.25 bits per heavy atom. The first-order chi connectivity index (χ1) is 21.1. The van der Waals surface area contributed by atoms with E-state index in [1.165, 1.54) is 13.2 Å². The van der Waals surface area contributed by atoms with Gasteiger partial charge in [-0.25, -0.2) is 4.79 Å². The number of benzene rings is 1. The molecule has 0 spiro atoms. The van der Waals surface area contributed by atoms with Gasteiger partial charge in [0, 0.05) is 50.3 Å². The molecule has 1 atom stereocenters. The lowest BCUT2D eigenvalue weighted by Crippen LogP contribution is -2.34. The Hall–Kier alpha value is -2.96. The molecule has 1 aliphatic rings. The minimum Gasteiger partial charge on any atom is -0.428 e. The molecule has 1 aromatic carbocycles. The molecule has 0 aliphatic carbocycles. The van der Waals surface area contributed by atoms with E-state index in [0.717, 1.165) is 23.9 Å². The van der Waals surface area contributed by atoms with E-state index in [2.05, 4.69) is 5.32 Å². The van der Waals surface area contributed by atoms with E-state index >= 15 is 0 Å². The number of ether oxygens (including phenoxy) is 5. The summed E-state index contributed by atoms with van der Waals surface area (Å²) in [6.07, 6.45) is -6.27. The Morgan fingerprint density at radius 1 is 1.00 bits per heavy atom. The maximum atomic E-state index is 13.7. The number of thioether (sulfide) groups is 1. The second kappa shape index (κ2) is 20.1. The number of halogens is 3. The number of alkyl halides is 3. The topological polar surface area (TPSA) is 165 Å². The molecule has 1 heterocycles. The number of nitrogens with one attached hydrogen (secondary N) is 1. The molecule has 0 aromatic heterocycles. The lowest BCUT2D eigenvalue weighted by molar-refractivity contribution is -0.178. The number of rotatable bonds is 21. The molecule has 248 valence electrons. The first-order valence-corrected chi connectivity index (χ1v) is 14.8. The summed E-state index contributed by atoms with van der Waals surface area (Å²) in [6, 6.07) is 3.12. The van der Waals surface area contributed by atoms with Crippen molar-refractivity contribution in [2.75, 3.05) is 72.2 Å². The molecule has 0 bridgehead atoms. The number of hydroxylamine groups is 2. The lowest BCUT2D eigenvalue weighted by atomic mass is 10.1. The fourth-order valence-corrected chi connectivity index (χ4v) is 4.69. The maximum absolute atomic E-state index is 13.7. The number of carbonyl (C=O) groups excluding carboxylic acids is 4. The Bertz CT molecular complexity index is 1060. The lowest BCUT2D eigenvalue weighted by Gasteiger charge is -2.19. The van der Waals surface area contributed by atoms with E-state index in [-0.39, 0.29) is 45.0 Å². The highest BCUT2D eigenvalue weighted by molar-refractivity contribution is 7.99. The molecule has 0 radical (unpaired) electrons. The van der Waals surface area contributed by atoms with Crippen molar-refractivity contribution in [2.24, 2.45) is 5.73 Å². The zero-order valence-electron chi connectivity index (χ0n) is 24.4. The van der Waals surface area contributed by atoms with Gasteiger partial charge in [-0.2, -0.15) is 13.2 Å². The van der Waals surface area contributed by atoms with Crippen LogP contribution < -0.4 is 11.1 Å². The van der Waals surface area contributed by atoms with Gasteiger partial charge in [0.05, 0.1) is 50.8 Å². The normalized spacial score (nSPS) is 14.2. The van der Waals surface area contributed by atoms with Crippen molar-refractivity contribution in [1.29, 1.82) is 0 Å². The highest BCUT2D eigenvalue weighted by Crippen LogP contribution is 2.34. The van der Waals surface area contributed by atoms with Crippen LogP contribution in [0.15, 0.2) is 23.1 Å². The van der Waals surface area contributed by atoms with Gasteiger partial charge >= 0.3 is 12.3 Å². The molecule has 17 heteroatoms. The van der Waals surface area contributed by atoms with Gasteiger partial charge in [-0.05, 0) is 31.0 Å². The molecule has 3 N–H and O–H groups in total. The third-order valence-electron chi connectivity index (χ3n) is 5.82. The zero-order valence-corrected chi connectivity index (χ0v) is 25.2. The first kappa shape index (κ1) is 37.2. The van der Waals surface area contributed by atoms with Crippen molar-refractivity contribution in [3.8, 4) is 0 Å². The minimum absolute atomic E-state index is 0.0351. The molecule has 1 aliphatic heterocycles. The Balaban J connectivity index is 1.93. The predicted octanol–water partition coefficient (Wildman–Crippen LogP) is 2.55. The third kappa shape index (κ3) is 13.8. The molecule has 1 unspecified atom stereocenters. The van der Waals surface area contributed by atoms with Gasteiger partial charge in [0.2, 0.25) is 0 Å². The van der Waals surface area contributed by atoms with Crippen molar-refractivity contribution in [2.45, 2.75) is 42.9 Å². The predicted molar refractivity (Wildman–Crippen MR) is 150 cm³/mol. The van der Waals surface area contributed by atoms with Crippen LogP contribution in [-0.2, 0) is 44.3 Å². The van der Waals surface area contributed by atoms with Crippen LogP contribution >= 0.6 is 11.8 Å². The van der Waals surface area contributed by atoms with Gasteiger partial charge in [0.25, 0.3) is 17.7 Å². The smallest absolute Gasteiger partial charge is 0.428 e. The molecule has 13 nitrogen and oxygen atoms in total. The summed E-state index contributed by atoms with van der Waals surface area (Å²) >= 11 is 1.05. The zero-order chi connectivity index (χ0) is 32.4. The molecule has 44 heavy (non-hydrogen) atoms. The number of hydrogen-bond donors (Lipinski definition) is 2. The monoisotopic (exact) mass is 653 g/mol. The largest absolute Gasteiger partial charge is 0.534 e. The SMILES string of the molecule is COCCCC(CSc1ccc(C(F)(F)F)c(C(=O)NCCOCCOCCOCCN)c1)OC(=O)ON1C(=O)CCC1=O. The quantitative estimate of drug-likeness (QED) is 0.0864. The Kier molecular flexibility index (Phi) is 17.0. The molecule has 0 saturated carbocycles. The maximum Gasteiger partial charge on any atom is 0.534 e. The standard InChI is InChI=1S/C27H38F3N3O10S/c1-38-10-2-3-19(42-26(37)43-33-23(34)6-7-24(33)35)18-44-20-4-5-22(27(28,29)30)21(17-20)25(36)32-9-12-40-14-16-41-15-13-39-11-8-31/h4-5,17,19H,2-3,6-16,18,31H2,1H3,(H,32,36). The van der Waals surface area contributed by atoms with Gasteiger partial charge in [-0.1, -0.05) is 5.06 Å². The summed E-state index contributed by atoms with van der Waals surface area (Å²) in [6.45, 7) is 2.46. The highest BCUT2D eigenvalue weighted by Gasteiger charge is 2.36. The molecule has 1 fully saturated rings. The minimum atomic E-state index is -4.78. The number of hydrogen-bond acceptors (Lipinski definition) is 12. The molecule has 1 saturated heterocycles. The van der Waals surface area contributed by atoms with Crippen LogP contribution in [0.2, 0.25) is 0 Å². The molecule has 2 rings (SSSR count). The van der Waals surface area contributed by atoms with Gasteiger partial charge < -0.3 is 34.7 Å². The van der Waals surface area contributed by atoms with Crippen molar-refractivity contribution in [1.82, 2.24) is 10.4 Å². The van der Waals surface area contributed by atoms with Crippen molar-refractivity contribution in [3.63, 3.8) is 0 Å². The number of nitrogens with two attached hydrogens (primary N) is 1. The average Bonchev–Trinajstić information content (AvgIpc) is 3.30. The van der Waals surface area contributed by atoms with Crippen LogP contribution in [0.5, 0.6) is 0 Å². The highest BCUT2D eigenvalue weighted by atomic mass is 32.2. The van der Waals surface area contributed by atoms with Crippen molar-refractivity contribution >= 4 is 35.6 Å². The number of carbonyl (C=O) groups is 4. The molecular weight excluding hydrogens is 615 g/mol. The van der Waals surface area contributed by atoms with Gasteiger partial charge in [-0.15, -0.1) is 11.8 Å². The van der Waals surface area contributed by atoms with Gasteiger partial charge in [0.1, 0.15) is 6.10 Å². The van der Waals surface area contributed by atoms with Crippen LogP contribution in [0.25, 0.3) is 0 Å². The summed E-state index contributed by atoms with van der Waals surface area (Å²) in [4.78, 5) is 53.4. The second-order valence-electron chi connectivity index (χ2n) is 9.20. The Labute approximate surface area is 257 Å².